The van der Waals surface area contributed by atoms with E-state index in [-0.39, 0.29) is 24.8 Å². The average molecular weight is 575 g/mol. The standard InChI is InChI=1S/C13H22OSi.C13H10.C5H5.2ClH.Ti/c1-10-7-11(14)9-12(8-10)15(5,6)13(2,3)4;1-3-7-12(8-4-1)11-13-9-5-2-6-10-13;1-2-4-5-3-1;;;/h7-9,14H,1-6H3;1-10H;1-3H,4H2;2*1H;/q;;-1;;;+1. The number of phenols is 1. The molecule has 0 unspecified atom stereocenters. The van der Waals surface area contributed by atoms with Crippen LogP contribution in [0.4, 0.5) is 0 Å². The molecule has 3 aromatic carbocycles. The maximum atomic E-state index is 9.65. The molecule has 0 atom stereocenters. The van der Waals surface area contributed by atoms with Gasteiger partial charge in [-0.05, 0) is 29.7 Å². The predicted molar refractivity (Wildman–Crippen MR) is 162 cm³/mol. The summed E-state index contributed by atoms with van der Waals surface area (Å²) in [6.07, 6.45) is 10.0. The minimum absolute atomic E-state index is 0. The number of hydrogen-bond acceptors (Lipinski definition) is 1. The second-order valence-electron chi connectivity index (χ2n) is 10.0. The number of aryl methyl sites for hydroxylation is 1. The SMILES string of the molecule is Cc1cc(O)cc([Si](C)(C)C(C)(C)C)c1.Cl.Cl.[C-]1=CC=CC1.[Ti+]=[C](c1ccccc1)c1ccccc1. The molecule has 0 saturated carbocycles. The summed E-state index contributed by atoms with van der Waals surface area (Å²) >= 11 is 2.16. The summed E-state index contributed by atoms with van der Waals surface area (Å²) in [5.41, 5.74) is 3.73. The number of aromatic hydroxyl groups is 1. The van der Waals surface area contributed by atoms with Crippen LogP contribution in [-0.4, -0.2) is 17.0 Å². The van der Waals surface area contributed by atoms with E-state index in [9.17, 15) is 5.11 Å². The topological polar surface area (TPSA) is 20.2 Å². The zero-order chi connectivity index (χ0) is 25.2. The third kappa shape index (κ3) is 10.7. The first-order valence-corrected chi connectivity index (χ1v) is 15.5. The molecule has 1 N–H and O–H groups in total. The molecule has 0 radical (unpaired) electrons. The quantitative estimate of drug-likeness (QED) is 0.246. The van der Waals surface area contributed by atoms with Crippen molar-refractivity contribution >= 4 is 41.9 Å². The Hall–Kier alpha value is -1.68. The molecule has 0 heterocycles. The van der Waals surface area contributed by atoms with E-state index >= 15 is 0 Å². The molecular formula is C31H39Cl2OSiTi. The van der Waals surface area contributed by atoms with Gasteiger partial charge in [0.05, 0.1) is 8.07 Å². The second-order valence-corrected chi connectivity index (χ2v) is 16.2. The first-order valence-electron chi connectivity index (χ1n) is 11.7. The van der Waals surface area contributed by atoms with Gasteiger partial charge in [0.15, 0.2) is 0 Å². The van der Waals surface area contributed by atoms with Gasteiger partial charge < -0.3 is 5.11 Å². The number of halogens is 2. The van der Waals surface area contributed by atoms with E-state index in [4.69, 9.17) is 0 Å². The summed E-state index contributed by atoms with van der Waals surface area (Å²) in [5, 5.41) is 11.3. The van der Waals surface area contributed by atoms with Crippen LogP contribution in [0.5, 0.6) is 5.75 Å². The van der Waals surface area contributed by atoms with Gasteiger partial charge in [-0.3, -0.25) is 6.08 Å². The third-order valence-electron chi connectivity index (χ3n) is 6.37. The first-order chi connectivity index (χ1) is 16.0. The summed E-state index contributed by atoms with van der Waals surface area (Å²) in [4.78, 5) is 0. The molecular weight excluding hydrogens is 535 g/mol. The zero-order valence-electron chi connectivity index (χ0n) is 22.2. The molecule has 4 rings (SSSR count). The summed E-state index contributed by atoms with van der Waals surface area (Å²) < 4.78 is 1.33. The molecule has 0 bridgehead atoms. The molecule has 191 valence electrons. The van der Waals surface area contributed by atoms with E-state index < -0.39 is 8.07 Å². The fourth-order valence-corrected chi connectivity index (χ4v) is 5.76. The van der Waals surface area contributed by atoms with Crippen LogP contribution in [0.1, 0.15) is 43.9 Å². The Morgan fingerprint density at radius 3 is 1.69 bits per heavy atom. The molecule has 0 aromatic heterocycles. The van der Waals surface area contributed by atoms with Crippen molar-refractivity contribution in [2.75, 3.05) is 0 Å². The Bertz CT molecular complexity index is 1050. The molecule has 0 amide bonds. The van der Waals surface area contributed by atoms with Gasteiger partial charge in [-0.25, -0.2) is 12.2 Å². The molecule has 1 aliphatic carbocycles. The van der Waals surface area contributed by atoms with Crippen molar-refractivity contribution in [3.05, 3.63) is 120 Å². The van der Waals surface area contributed by atoms with Crippen molar-refractivity contribution in [2.24, 2.45) is 0 Å². The second kappa shape index (κ2) is 16.2. The fourth-order valence-electron chi connectivity index (χ4n) is 3.27. The number of benzene rings is 3. The Morgan fingerprint density at radius 1 is 0.861 bits per heavy atom. The Kier molecular flexibility index (Phi) is 15.5. The summed E-state index contributed by atoms with van der Waals surface area (Å²) in [5.74, 6) is 0.398. The molecule has 0 saturated heterocycles. The zero-order valence-corrected chi connectivity index (χ0v) is 26.4. The number of hydrogen-bond donors (Lipinski definition) is 1. The minimum atomic E-state index is -1.50. The molecule has 0 fully saturated rings. The summed E-state index contributed by atoms with van der Waals surface area (Å²) in [6, 6.07) is 26.9. The van der Waals surface area contributed by atoms with Gasteiger partial charge in [0.2, 0.25) is 0 Å². The van der Waals surface area contributed by atoms with Crippen LogP contribution in [0.3, 0.4) is 0 Å². The van der Waals surface area contributed by atoms with E-state index in [0.29, 0.717) is 10.8 Å². The molecule has 0 spiro atoms. The summed E-state index contributed by atoms with van der Waals surface area (Å²) in [6.45, 7) is 13.6. The first kappa shape index (κ1) is 34.3. The Labute approximate surface area is 243 Å². The van der Waals surface area contributed by atoms with Crippen molar-refractivity contribution < 1.29 is 25.1 Å². The van der Waals surface area contributed by atoms with Crippen molar-refractivity contribution in [1.29, 1.82) is 0 Å². The van der Waals surface area contributed by atoms with Gasteiger partial charge in [0, 0.05) is 0 Å². The van der Waals surface area contributed by atoms with Crippen LogP contribution >= 0.6 is 24.8 Å². The van der Waals surface area contributed by atoms with Crippen LogP contribution in [-0.2, 0) is 20.0 Å². The van der Waals surface area contributed by atoms with Gasteiger partial charge in [-0.15, -0.1) is 31.2 Å². The maximum absolute atomic E-state index is 9.65. The molecule has 1 nitrogen and oxygen atoms in total. The van der Waals surface area contributed by atoms with Crippen LogP contribution in [0.25, 0.3) is 0 Å². The van der Waals surface area contributed by atoms with Gasteiger partial charge in [-0.2, -0.15) is 6.08 Å². The number of phenolic OH excluding ortho intramolecular Hbond substituents is 1. The summed E-state index contributed by atoms with van der Waals surface area (Å²) in [7, 11) is -1.50. The fraction of sp³-hybridized carbons (Fsp3) is 0.258. The van der Waals surface area contributed by atoms with E-state index in [1.54, 1.807) is 0 Å². The van der Waals surface area contributed by atoms with E-state index in [2.05, 4.69) is 121 Å². The van der Waals surface area contributed by atoms with Gasteiger partial charge in [-0.1, -0.05) is 45.1 Å². The molecule has 36 heavy (non-hydrogen) atoms. The Balaban J connectivity index is 0.000000545. The van der Waals surface area contributed by atoms with Gasteiger partial charge >= 0.3 is 95.6 Å². The van der Waals surface area contributed by atoms with Crippen LogP contribution in [0, 0.1) is 13.0 Å². The van der Waals surface area contributed by atoms with Crippen molar-refractivity contribution in [3.63, 3.8) is 0 Å². The molecule has 0 aliphatic heterocycles. The van der Waals surface area contributed by atoms with Crippen LogP contribution < -0.4 is 5.19 Å². The van der Waals surface area contributed by atoms with Crippen LogP contribution in [0.2, 0.25) is 18.1 Å². The normalized spacial score (nSPS) is 11.7. The van der Waals surface area contributed by atoms with E-state index in [1.165, 1.54) is 20.1 Å². The molecule has 1 aliphatic rings. The van der Waals surface area contributed by atoms with Crippen molar-refractivity contribution in [2.45, 2.75) is 52.2 Å². The van der Waals surface area contributed by atoms with E-state index in [0.717, 1.165) is 12.0 Å². The average Bonchev–Trinajstić information content (AvgIpc) is 3.39. The molecule has 3 aromatic rings. The van der Waals surface area contributed by atoms with E-state index in [1.807, 2.05) is 43.3 Å². The number of rotatable bonds is 3. The monoisotopic (exact) mass is 573 g/mol. The van der Waals surface area contributed by atoms with Crippen molar-refractivity contribution in [3.8, 4) is 5.75 Å². The third-order valence-corrected chi connectivity index (χ3v) is 12.8. The van der Waals surface area contributed by atoms with Crippen LogP contribution in [0.15, 0.2) is 97.1 Å². The van der Waals surface area contributed by atoms with Gasteiger partial charge in [0.1, 0.15) is 5.75 Å². The molecule has 5 heteroatoms. The Morgan fingerprint density at radius 2 is 1.36 bits per heavy atom. The predicted octanol–water partition coefficient (Wildman–Crippen LogP) is 8.37. The number of allylic oxidation sites excluding steroid dienone is 4. The van der Waals surface area contributed by atoms with Crippen molar-refractivity contribution in [1.82, 2.24) is 0 Å². The van der Waals surface area contributed by atoms with Gasteiger partial charge in [0.25, 0.3) is 0 Å².